The molecule has 0 unspecified atom stereocenters. The zero-order valence-corrected chi connectivity index (χ0v) is 8.56. The number of halogens is 4. The molecule has 0 fully saturated rings. The van der Waals surface area contributed by atoms with Crippen LogP contribution in [0.3, 0.4) is 0 Å². The molecule has 0 radical (unpaired) electrons. The van der Waals surface area contributed by atoms with Gasteiger partial charge < -0.3 is 10.5 Å². The minimum Gasteiger partial charge on any atom is -0.464 e. The molecular weight excluding hydrogens is 251 g/mol. The largest absolute Gasteiger partial charge is 0.464 e. The van der Waals surface area contributed by atoms with Crippen molar-refractivity contribution in [3.63, 3.8) is 0 Å². The van der Waals surface area contributed by atoms with Crippen molar-refractivity contribution in [2.75, 3.05) is 12.8 Å². The number of nitrogens with zero attached hydrogens (tertiary/aromatic N) is 2. The van der Waals surface area contributed by atoms with Crippen LogP contribution in [0.5, 0.6) is 0 Å². The highest BCUT2D eigenvalue weighted by atomic mass is 35.5. The van der Waals surface area contributed by atoms with Gasteiger partial charge in [0.2, 0.25) is 0 Å². The lowest BCUT2D eigenvalue weighted by Gasteiger charge is -2.09. The maximum absolute atomic E-state index is 12.3. The summed E-state index contributed by atoms with van der Waals surface area (Å²) >= 11 is 5.23. The molecule has 1 aromatic rings. The number of anilines is 1. The molecule has 0 bridgehead atoms. The number of rotatable bonds is 1. The Kier molecular flexibility index (Phi) is 3.22. The molecule has 0 aliphatic heterocycles. The zero-order valence-electron chi connectivity index (χ0n) is 7.80. The van der Waals surface area contributed by atoms with Crippen LogP contribution < -0.4 is 5.73 Å². The van der Waals surface area contributed by atoms with Gasteiger partial charge in [0.05, 0.1) is 7.11 Å². The molecule has 0 aliphatic carbocycles. The molecule has 16 heavy (non-hydrogen) atoms. The Bertz CT molecular complexity index is 436. The van der Waals surface area contributed by atoms with E-state index in [4.69, 9.17) is 17.3 Å². The van der Waals surface area contributed by atoms with Crippen molar-refractivity contribution in [3.8, 4) is 0 Å². The predicted octanol–water partition coefficient (Wildman–Crippen LogP) is 1.52. The molecule has 0 aliphatic rings. The summed E-state index contributed by atoms with van der Waals surface area (Å²) < 4.78 is 41.1. The summed E-state index contributed by atoms with van der Waals surface area (Å²) in [5.41, 5.74) is 3.13. The second kappa shape index (κ2) is 4.12. The summed E-state index contributed by atoms with van der Waals surface area (Å²) in [5, 5.41) is -0.956. The molecule has 0 aromatic carbocycles. The molecule has 0 saturated heterocycles. The average Bonchev–Trinajstić information content (AvgIpc) is 2.18. The van der Waals surface area contributed by atoms with Crippen LogP contribution in [0.15, 0.2) is 0 Å². The maximum atomic E-state index is 12.3. The third-order valence-corrected chi connectivity index (χ3v) is 1.79. The Hall–Kier alpha value is -1.57. The first kappa shape index (κ1) is 12.5. The van der Waals surface area contributed by atoms with Crippen molar-refractivity contribution in [2.45, 2.75) is 6.18 Å². The van der Waals surface area contributed by atoms with Crippen LogP contribution in [0.2, 0.25) is 5.15 Å². The number of methoxy groups -OCH3 is 1. The van der Waals surface area contributed by atoms with Crippen molar-refractivity contribution in [1.29, 1.82) is 0 Å². The lowest BCUT2D eigenvalue weighted by molar-refractivity contribution is -0.141. The second-order valence-corrected chi connectivity index (χ2v) is 2.94. The molecule has 0 saturated carbocycles. The van der Waals surface area contributed by atoms with Crippen LogP contribution >= 0.6 is 11.6 Å². The first-order chi connectivity index (χ1) is 7.27. The van der Waals surface area contributed by atoms with E-state index >= 15 is 0 Å². The van der Waals surface area contributed by atoms with Gasteiger partial charge in [-0.2, -0.15) is 13.2 Å². The molecular formula is C7H5ClF3N3O2. The van der Waals surface area contributed by atoms with Gasteiger partial charge in [0.15, 0.2) is 22.4 Å². The van der Waals surface area contributed by atoms with Gasteiger partial charge in [-0.25, -0.2) is 14.8 Å². The molecule has 1 rings (SSSR count). The lowest BCUT2D eigenvalue weighted by atomic mass is 10.3. The molecule has 1 aromatic heterocycles. The van der Waals surface area contributed by atoms with E-state index in [2.05, 4.69) is 14.7 Å². The molecule has 1 heterocycles. The van der Waals surface area contributed by atoms with E-state index < -0.39 is 34.5 Å². The third-order valence-electron chi connectivity index (χ3n) is 1.53. The minimum absolute atomic E-state index is 0.555. The number of nitrogen functional groups attached to an aromatic ring is 1. The Labute approximate surface area is 92.4 Å². The van der Waals surface area contributed by atoms with Gasteiger partial charge in [-0.15, -0.1) is 0 Å². The SMILES string of the molecule is COC(=O)c1nc(Cl)c(C(F)(F)F)nc1N. The van der Waals surface area contributed by atoms with Gasteiger partial charge >= 0.3 is 12.1 Å². The number of aromatic nitrogens is 2. The van der Waals surface area contributed by atoms with Crippen LogP contribution in [-0.2, 0) is 10.9 Å². The number of hydrogen-bond acceptors (Lipinski definition) is 5. The van der Waals surface area contributed by atoms with Crippen LogP contribution in [0.1, 0.15) is 16.2 Å². The van der Waals surface area contributed by atoms with E-state index in [1.54, 1.807) is 0 Å². The third kappa shape index (κ3) is 2.32. The molecule has 88 valence electrons. The van der Waals surface area contributed by atoms with Gasteiger partial charge in [0, 0.05) is 0 Å². The summed E-state index contributed by atoms with van der Waals surface area (Å²) in [4.78, 5) is 17.2. The van der Waals surface area contributed by atoms with Crippen LogP contribution in [0.4, 0.5) is 19.0 Å². The smallest absolute Gasteiger partial charge is 0.436 e. The first-order valence-electron chi connectivity index (χ1n) is 3.76. The quantitative estimate of drug-likeness (QED) is 0.770. The van der Waals surface area contributed by atoms with Crippen molar-refractivity contribution in [3.05, 3.63) is 16.5 Å². The monoisotopic (exact) mass is 255 g/mol. The fraction of sp³-hybridized carbons (Fsp3) is 0.286. The van der Waals surface area contributed by atoms with Crippen molar-refractivity contribution in [2.24, 2.45) is 0 Å². The Morgan fingerprint density at radius 1 is 1.44 bits per heavy atom. The summed E-state index contributed by atoms with van der Waals surface area (Å²) in [6.07, 6.45) is -4.78. The predicted molar refractivity (Wildman–Crippen MR) is 47.8 cm³/mol. The summed E-state index contributed by atoms with van der Waals surface area (Å²) in [7, 11) is 1.02. The highest BCUT2D eigenvalue weighted by molar-refractivity contribution is 6.30. The fourth-order valence-corrected chi connectivity index (χ4v) is 1.09. The van der Waals surface area contributed by atoms with E-state index in [1.165, 1.54) is 0 Å². The number of esters is 1. The Morgan fingerprint density at radius 2 is 2.00 bits per heavy atom. The standard InChI is InChI=1S/C7H5ClF3N3O2/c1-16-6(15)2-5(12)14-3(4(8)13-2)7(9,10)11/h1H3,(H2,12,14). The number of alkyl halides is 3. The number of hydrogen-bond donors (Lipinski definition) is 1. The summed E-state index contributed by atoms with van der Waals surface area (Å²) in [6, 6.07) is 0. The van der Waals surface area contributed by atoms with Gasteiger partial charge in [0.25, 0.3) is 0 Å². The van der Waals surface area contributed by atoms with Gasteiger partial charge in [-0.3, -0.25) is 0 Å². The van der Waals surface area contributed by atoms with E-state index in [1.807, 2.05) is 0 Å². The molecule has 5 nitrogen and oxygen atoms in total. The molecule has 0 amide bonds. The summed E-state index contributed by atoms with van der Waals surface area (Å²) in [6.45, 7) is 0. The number of ether oxygens (including phenoxy) is 1. The van der Waals surface area contributed by atoms with Crippen LogP contribution in [-0.4, -0.2) is 23.0 Å². The topological polar surface area (TPSA) is 78.1 Å². The van der Waals surface area contributed by atoms with Gasteiger partial charge in [-0.05, 0) is 0 Å². The maximum Gasteiger partial charge on any atom is 0.436 e. The number of nitrogens with two attached hydrogens (primary N) is 1. The molecule has 9 heteroatoms. The normalized spacial score (nSPS) is 11.3. The highest BCUT2D eigenvalue weighted by Crippen LogP contribution is 2.33. The molecule has 0 atom stereocenters. The van der Waals surface area contributed by atoms with Crippen LogP contribution in [0, 0.1) is 0 Å². The Balaban J connectivity index is 3.33. The second-order valence-electron chi connectivity index (χ2n) is 2.59. The summed E-state index contributed by atoms with van der Waals surface area (Å²) in [5.74, 6) is -1.70. The average molecular weight is 256 g/mol. The fourth-order valence-electron chi connectivity index (χ4n) is 0.855. The van der Waals surface area contributed by atoms with Crippen molar-refractivity contribution in [1.82, 2.24) is 9.97 Å². The van der Waals surface area contributed by atoms with E-state index in [0.29, 0.717) is 0 Å². The number of carbonyl (C=O) groups excluding carboxylic acids is 1. The zero-order chi connectivity index (χ0) is 12.5. The van der Waals surface area contributed by atoms with Crippen molar-refractivity contribution >= 4 is 23.4 Å². The van der Waals surface area contributed by atoms with Crippen LogP contribution in [0.25, 0.3) is 0 Å². The van der Waals surface area contributed by atoms with Crippen molar-refractivity contribution < 1.29 is 22.7 Å². The lowest BCUT2D eigenvalue weighted by Crippen LogP contribution is -2.17. The van der Waals surface area contributed by atoms with Gasteiger partial charge in [0.1, 0.15) is 0 Å². The number of carbonyl (C=O) groups is 1. The van der Waals surface area contributed by atoms with E-state index in [9.17, 15) is 18.0 Å². The minimum atomic E-state index is -4.78. The Morgan fingerprint density at radius 3 is 2.44 bits per heavy atom. The van der Waals surface area contributed by atoms with E-state index in [-0.39, 0.29) is 0 Å². The first-order valence-corrected chi connectivity index (χ1v) is 4.13. The molecule has 0 spiro atoms. The molecule has 2 N–H and O–H groups in total. The highest BCUT2D eigenvalue weighted by Gasteiger charge is 2.37. The van der Waals surface area contributed by atoms with E-state index in [0.717, 1.165) is 7.11 Å². The van der Waals surface area contributed by atoms with Gasteiger partial charge in [-0.1, -0.05) is 11.6 Å².